The molecule has 1 atom stereocenters. The summed E-state index contributed by atoms with van der Waals surface area (Å²) >= 11 is 2.82. The zero-order valence-corrected chi connectivity index (χ0v) is 12.1. The van der Waals surface area contributed by atoms with E-state index in [1.165, 1.54) is 6.92 Å². The Balaban J connectivity index is 3.00. The van der Waals surface area contributed by atoms with E-state index >= 15 is 0 Å². The summed E-state index contributed by atoms with van der Waals surface area (Å²) < 4.78 is 30.6. The topological polar surface area (TPSA) is 140 Å². The third kappa shape index (κ3) is 4.04. The average molecular weight is 355 g/mol. The highest BCUT2D eigenvalue weighted by molar-refractivity contribution is 9.10. The molecule has 0 saturated heterocycles. The van der Waals surface area contributed by atoms with Gasteiger partial charge in [0.25, 0.3) is 0 Å². The molecule has 0 aromatic carbocycles. The number of carbonyl (C=O) groups is 2. The Morgan fingerprint density at radius 1 is 1.58 bits per heavy atom. The molecule has 0 radical (unpaired) electrons. The van der Waals surface area contributed by atoms with E-state index in [0.717, 1.165) is 6.07 Å². The normalized spacial score (nSPS) is 13.2. The van der Waals surface area contributed by atoms with Crippen molar-refractivity contribution in [3.63, 3.8) is 0 Å². The standard InChI is InChI=1S/C9H11BrN2O6S/c1-4(2-7(11)13)12-19(16,17)6-3-5(9(14)15)18-8(6)10/h3-4,12H,2H2,1H3,(H2,11,13)(H,14,15). The molecule has 0 bridgehead atoms. The summed E-state index contributed by atoms with van der Waals surface area (Å²) in [6.07, 6.45) is -0.180. The van der Waals surface area contributed by atoms with Crippen LogP contribution in [0.2, 0.25) is 0 Å². The van der Waals surface area contributed by atoms with Crippen molar-refractivity contribution < 1.29 is 27.5 Å². The van der Waals surface area contributed by atoms with Gasteiger partial charge in [-0.05, 0) is 22.9 Å². The molecule has 0 fully saturated rings. The first-order valence-corrected chi connectivity index (χ1v) is 7.24. The first kappa shape index (κ1) is 15.7. The lowest BCUT2D eigenvalue weighted by atomic mass is 10.2. The Kier molecular flexibility index (Phi) is 4.71. The smallest absolute Gasteiger partial charge is 0.371 e. The van der Waals surface area contributed by atoms with Crippen LogP contribution in [0.25, 0.3) is 0 Å². The van der Waals surface area contributed by atoms with Crippen LogP contribution in [0, 0.1) is 0 Å². The molecule has 0 spiro atoms. The first-order valence-electron chi connectivity index (χ1n) is 4.96. The number of carboxylic acid groups (broad SMARTS) is 1. The van der Waals surface area contributed by atoms with Gasteiger partial charge in [0.2, 0.25) is 21.7 Å². The summed E-state index contributed by atoms with van der Waals surface area (Å²) in [5.41, 5.74) is 4.95. The number of furan rings is 1. The quantitative estimate of drug-likeness (QED) is 0.670. The van der Waals surface area contributed by atoms with Crippen molar-refractivity contribution in [2.45, 2.75) is 24.3 Å². The molecule has 8 nitrogen and oxygen atoms in total. The van der Waals surface area contributed by atoms with Crippen LogP contribution in [0.4, 0.5) is 0 Å². The second-order valence-corrected chi connectivity index (χ2v) is 6.15. The molecule has 1 unspecified atom stereocenters. The van der Waals surface area contributed by atoms with Crippen molar-refractivity contribution >= 4 is 37.8 Å². The number of carbonyl (C=O) groups excluding carboxylic acids is 1. The van der Waals surface area contributed by atoms with Gasteiger partial charge in [0.05, 0.1) is 0 Å². The largest absolute Gasteiger partial charge is 0.475 e. The highest BCUT2D eigenvalue weighted by Gasteiger charge is 2.26. The molecule has 10 heteroatoms. The van der Waals surface area contributed by atoms with Crippen molar-refractivity contribution in [2.75, 3.05) is 0 Å². The molecule has 1 amide bonds. The fraction of sp³-hybridized carbons (Fsp3) is 0.333. The van der Waals surface area contributed by atoms with Crippen LogP contribution in [0.15, 0.2) is 20.0 Å². The van der Waals surface area contributed by atoms with Gasteiger partial charge in [-0.1, -0.05) is 0 Å². The number of aromatic carboxylic acids is 1. The number of amides is 1. The van der Waals surface area contributed by atoms with Gasteiger partial charge in [0, 0.05) is 18.5 Å². The zero-order valence-electron chi connectivity index (χ0n) is 9.71. The van der Waals surface area contributed by atoms with Gasteiger partial charge in [0.1, 0.15) is 4.90 Å². The van der Waals surface area contributed by atoms with Gasteiger partial charge in [0.15, 0.2) is 4.67 Å². The van der Waals surface area contributed by atoms with Crippen molar-refractivity contribution in [1.82, 2.24) is 4.72 Å². The number of hydrogen-bond donors (Lipinski definition) is 3. The van der Waals surface area contributed by atoms with Gasteiger partial charge in [-0.15, -0.1) is 0 Å². The van der Waals surface area contributed by atoms with E-state index < -0.39 is 33.7 Å². The minimum atomic E-state index is -4.01. The second-order valence-electron chi connectivity index (χ2n) is 3.75. The maximum atomic E-state index is 11.9. The summed E-state index contributed by atoms with van der Waals surface area (Å²) in [6, 6.07) is 0.142. The zero-order chi connectivity index (χ0) is 14.8. The molecule has 0 aliphatic carbocycles. The molecular formula is C9H11BrN2O6S. The predicted molar refractivity (Wildman–Crippen MR) is 67.0 cm³/mol. The van der Waals surface area contributed by atoms with E-state index in [0.29, 0.717) is 0 Å². The fourth-order valence-corrected chi connectivity index (χ4v) is 3.50. The molecule has 106 valence electrons. The summed E-state index contributed by atoms with van der Waals surface area (Å²) in [5.74, 6) is -2.57. The lowest BCUT2D eigenvalue weighted by Gasteiger charge is -2.11. The highest BCUT2D eigenvalue weighted by atomic mass is 79.9. The predicted octanol–water partition coefficient (Wildman–Crippen LogP) is 0.282. The van der Waals surface area contributed by atoms with Gasteiger partial charge < -0.3 is 15.3 Å². The third-order valence-electron chi connectivity index (χ3n) is 2.02. The Morgan fingerprint density at radius 3 is 2.58 bits per heavy atom. The number of halogens is 1. The summed E-state index contributed by atoms with van der Waals surface area (Å²) in [5, 5.41) is 8.70. The van der Waals surface area contributed by atoms with Crippen LogP contribution < -0.4 is 10.5 Å². The van der Waals surface area contributed by atoms with E-state index in [2.05, 4.69) is 20.7 Å². The molecule has 4 N–H and O–H groups in total. The number of carboxylic acids is 1. The average Bonchev–Trinajstić information content (AvgIpc) is 2.58. The molecule has 1 heterocycles. The van der Waals surface area contributed by atoms with E-state index in [-0.39, 0.29) is 16.0 Å². The number of sulfonamides is 1. The number of rotatable bonds is 6. The Bertz CT molecular complexity index is 608. The van der Waals surface area contributed by atoms with Gasteiger partial charge >= 0.3 is 5.97 Å². The van der Waals surface area contributed by atoms with Crippen molar-refractivity contribution in [2.24, 2.45) is 5.73 Å². The molecule has 0 aliphatic heterocycles. The number of hydrogen-bond acceptors (Lipinski definition) is 5. The Morgan fingerprint density at radius 2 is 2.16 bits per heavy atom. The monoisotopic (exact) mass is 354 g/mol. The fourth-order valence-electron chi connectivity index (χ4n) is 1.31. The molecule has 19 heavy (non-hydrogen) atoms. The van der Waals surface area contributed by atoms with Gasteiger partial charge in [-0.3, -0.25) is 4.79 Å². The van der Waals surface area contributed by atoms with Crippen LogP contribution >= 0.6 is 15.9 Å². The highest BCUT2D eigenvalue weighted by Crippen LogP contribution is 2.26. The van der Waals surface area contributed by atoms with Crippen LogP contribution in [0.3, 0.4) is 0 Å². The van der Waals surface area contributed by atoms with Crippen molar-refractivity contribution in [1.29, 1.82) is 0 Å². The second kappa shape index (κ2) is 5.72. The van der Waals surface area contributed by atoms with E-state index in [9.17, 15) is 18.0 Å². The third-order valence-corrected chi connectivity index (χ3v) is 4.47. The molecule has 1 rings (SSSR count). The minimum Gasteiger partial charge on any atom is -0.475 e. The van der Waals surface area contributed by atoms with Gasteiger partial charge in [-0.25, -0.2) is 17.9 Å². The summed E-state index contributed by atoms with van der Waals surface area (Å²) in [7, 11) is -4.01. The number of nitrogens with two attached hydrogens (primary N) is 1. The van der Waals surface area contributed by atoms with Crippen molar-refractivity contribution in [3.05, 3.63) is 16.5 Å². The maximum absolute atomic E-state index is 11.9. The lowest BCUT2D eigenvalue weighted by Crippen LogP contribution is -2.35. The van der Waals surface area contributed by atoms with Crippen LogP contribution in [0.1, 0.15) is 23.9 Å². The molecular weight excluding hydrogens is 344 g/mol. The van der Waals surface area contributed by atoms with E-state index in [1.807, 2.05) is 0 Å². The van der Waals surface area contributed by atoms with Gasteiger partial charge in [-0.2, -0.15) is 0 Å². The molecule has 0 saturated carbocycles. The molecule has 0 aliphatic rings. The summed E-state index contributed by atoms with van der Waals surface area (Å²) in [6.45, 7) is 1.45. The van der Waals surface area contributed by atoms with Crippen LogP contribution in [-0.2, 0) is 14.8 Å². The Labute approximate surface area is 117 Å². The summed E-state index contributed by atoms with van der Waals surface area (Å²) in [4.78, 5) is 21.0. The van der Waals surface area contributed by atoms with E-state index in [4.69, 9.17) is 15.3 Å². The number of primary amides is 1. The molecule has 1 aromatic heterocycles. The van der Waals surface area contributed by atoms with E-state index in [1.54, 1.807) is 0 Å². The van der Waals surface area contributed by atoms with Crippen molar-refractivity contribution in [3.8, 4) is 0 Å². The number of nitrogens with one attached hydrogen (secondary N) is 1. The van der Waals surface area contributed by atoms with Crippen LogP contribution in [0.5, 0.6) is 0 Å². The Hall–Kier alpha value is -1.39. The molecule has 1 aromatic rings. The maximum Gasteiger partial charge on any atom is 0.371 e. The van der Waals surface area contributed by atoms with Crippen LogP contribution in [-0.4, -0.2) is 31.4 Å². The SMILES string of the molecule is CC(CC(N)=O)NS(=O)(=O)c1cc(C(=O)O)oc1Br. The minimum absolute atomic E-state index is 0.180. The first-order chi connectivity index (χ1) is 8.63. The lowest BCUT2D eigenvalue weighted by molar-refractivity contribution is -0.118.